The molecule has 8 heteroatoms. The molecule has 0 amide bonds. The van der Waals surface area contributed by atoms with Gasteiger partial charge in [0.15, 0.2) is 11.5 Å². The van der Waals surface area contributed by atoms with Crippen molar-refractivity contribution in [3.05, 3.63) is 150 Å². The maximum atomic E-state index is 6.69. The van der Waals surface area contributed by atoms with E-state index in [1.807, 2.05) is 0 Å². The van der Waals surface area contributed by atoms with Gasteiger partial charge in [0.2, 0.25) is 0 Å². The highest BCUT2D eigenvalue weighted by molar-refractivity contribution is 9.10. The number of benzene rings is 7. The third kappa shape index (κ3) is 4.93. The van der Waals surface area contributed by atoms with Gasteiger partial charge in [0.05, 0.1) is 36.7 Å². The third-order valence-electron chi connectivity index (χ3n) is 9.58. The molecule has 9 aromatic rings. The maximum Gasteiger partial charge on any atom is 0.152 e. The zero-order valence-electron chi connectivity index (χ0n) is 27.2. The van der Waals surface area contributed by atoms with E-state index in [0.717, 1.165) is 70.1 Å². The number of fused-ring (bicyclic) bond motifs is 6. The Morgan fingerprint density at radius 1 is 0.519 bits per heavy atom. The second-order valence-corrected chi connectivity index (χ2v) is 16.8. The number of hydrogen-bond acceptors (Lipinski definition) is 7. The molecule has 4 nitrogen and oxygen atoms in total. The molecule has 4 heterocycles. The van der Waals surface area contributed by atoms with Gasteiger partial charge in [-0.15, -0.1) is 22.7 Å². The maximum absolute atomic E-state index is 6.69. The van der Waals surface area contributed by atoms with Crippen LogP contribution in [0, 0.1) is 0 Å². The zero-order valence-corrected chi connectivity index (χ0v) is 31.2. The summed E-state index contributed by atoms with van der Waals surface area (Å²) >= 11 is 8.99. The van der Waals surface area contributed by atoms with Crippen LogP contribution < -0.4 is 9.64 Å². The molecule has 0 saturated carbocycles. The van der Waals surface area contributed by atoms with Crippen molar-refractivity contribution >= 4 is 87.9 Å². The first-order valence-electron chi connectivity index (χ1n) is 16.8. The van der Waals surface area contributed by atoms with Crippen LogP contribution in [0.3, 0.4) is 0 Å². The zero-order chi connectivity index (χ0) is 34.3. The minimum Gasteiger partial charge on any atom is -0.453 e. The molecule has 0 fully saturated rings. The number of aromatic nitrogens is 2. The van der Waals surface area contributed by atoms with E-state index < -0.39 is 0 Å². The summed E-state index contributed by atoms with van der Waals surface area (Å²) < 4.78 is 10.1. The molecule has 246 valence electrons. The molecular formula is C44H24BrN3OS3. The smallest absolute Gasteiger partial charge is 0.152 e. The summed E-state index contributed by atoms with van der Waals surface area (Å²) in [4.78, 5) is 14.9. The minimum atomic E-state index is 0.816. The van der Waals surface area contributed by atoms with Gasteiger partial charge < -0.3 is 9.64 Å². The topological polar surface area (TPSA) is 38.2 Å². The molecule has 7 aromatic carbocycles. The summed E-state index contributed by atoms with van der Waals surface area (Å²) in [6.07, 6.45) is 0. The molecule has 0 N–H and O–H groups in total. The summed E-state index contributed by atoms with van der Waals surface area (Å²) in [5, 5.41) is 1.97. The van der Waals surface area contributed by atoms with Crippen LogP contribution in [0.4, 0.5) is 17.1 Å². The van der Waals surface area contributed by atoms with Gasteiger partial charge in [0.25, 0.3) is 0 Å². The molecule has 0 radical (unpaired) electrons. The van der Waals surface area contributed by atoms with Crippen LogP contribution in [0.2, 0.25) is 0 Å². The summed E-state index contributed by atoms with van der Waals surface area (Å²) in [5.41, 5.74) is 12.1. The molecule has 0 unspecified atom stereocenters. The van der Waals surface area contributed by atoms with Gasteiger partial charge in [-0.05, 0) is 95.1 Å². The monoisotopic (exact) mass is 785 g/mol. The summed E-state index contributed by atoms with van der Waals surface area (Å²) in [6.45, 7) is 0. The number of nitrogens with zero attached hydrogens (tertiary/aromatic N) is 3. The predicted octanol–water partition coefficient (Wildman–Crippen LogP) is 14.4. The van der Waals surface area contributed by atoms with Crippen LogP contribution in [-0.4, -0.2) is 9.97 Å². The lowest BCUT2D eigenvalue weighted by Gasteiger charge is -2.38. The van der Waals surface area contributed by atoms with Crippen LogP contribution in [0.5, 0.6) is 11.5 Å². The largest absolute Gasteiger partial charge is 0.453 e. The van der Waals surface area contributed by atoms with Crippen molar-refractivity contribution in [2.45, 2.75) is 9.79 Å². The van der Waals surface area contributed by atoms with Gasteiger partial charge in [0.1, 0.15) is 15.7 Å². The van der Waals surface area contributed by atoms with Crippen molar-refractivity contribution in [2.24, 2.45) is 0 Å². The van der Waals surface area contributed by atoms with Gasteiger partial charge >= 0.3 is 0 Å². The Hall–Kier alpha value is -5.25. The molecule has 0 aliphatic carbocycles. The van der Waals surface area contributed by atoms with Crippen molar-refractivity contribution in [3.8, 4) is 54.9 Å². The van der Waals surface area contributed by atoms with Crippen LogP contribution >= 0.6 is 50.4 Å². The highest BCUT2D eigenvalue weighted by Crippen LogP contribution is 2.62. The second kappa shape index (κ2) is 11.9. The van der Waals surface area contributed by atoms with Gasteiger partial charge in [-0.1, -0.05) is 100 Å². The number of anilines is 3. The fourth-order valence-corrected chi connectivity index (χ4v) is 10.9. The lowest BCUT2D eigenvalue weighted by atomic mass is 10.1. The first-order chi connectivity index (χ1) is 25.6. The Kier molecular flexibility index (Phi) is 6.95. The number of rotatable bonds is 4. The molecular weight excluding hydrogens is 763 g/mol. The Bertz CT molecular complexity index is 2890. The van der Waals surface area contributed by atoms with Gasteiger partial charge in [0, 0.05) is 20.5 Å². The van der Waals surface area contributed by atoms with E-state index in [0.29, 0.717) is 0 Å². The Morgan fingerprint density at radius 3 is 1.87 bits per heavy atom. The van der Waals surface area contributed by atoms with Crippen molar-refractivity contribution < 1.29 is 4.74 Å². The Balaban J connectivity index is 1.04. The van der Waals surface area contributed by atoms with Crippen molar-refractivity contribution in [1.82, 2.24) is 9.97 Å². The normalized spacial score (nSPS) is 12.8. The summed E-state index contributed by atoms with van der Waals surface area (Å²) in [5.74, 6) is 1.65. The second-order valence-electron chi connectivity index (χ2n) is 12.8. The number of hydrogen-bond donors (Lipinski definition) is 0. The lowest BCUT2D eigenvalue weighted by Crippen LogP contribution is -2.20. The summed E-state index contributed by atoms with van der Waals surface area (Å²) in [6, 6.07) is 51.3. The Labute approximate surface area is 320 Å². The first kappa shape index (κ1) is 30.4. The van der Waals surface area contributed by atoms with E-state index in [2.05, 4.69) is 166 Å². The van der Waals surface area contributed by atoms with E-state index in [1.165, 1.54) is 36.5 Å². The van der Waals surface area contributed by atoms with E-state index in [1.54, 1.807) is 34.4 Å². The van der Waals surface area contributed by atoms with Crippen molar-refractivity contribution in [3.63, 3.8) is 0 Å². The minimum absolute atomic E-state index is 0.816. The van der Waals surface area contributed by atoms with Gasteiger partial charge in [-0.2, -0.15) is 0 Å². The third-order valence-corrected chi connectivity index (χ3v) is 13.4. The summed E-state index contributed by atoms with van der Waals surface area (Å²) in [7, 11) is 0. The number of halogens is 1. The number of thiazole rings is 2. The van der Waals surface area contributed by atoms with Crippen LogP contribution in [0.25, 0.3) is 63.8 Å². The fourth-order valence-electron chi connectivity index (χ4n) is 7.09. The van der Waals surface area contributed by atoms with Crippen LogP contribution in [0.1, 0.15) is 0 Å². The molecule has 0 bridgehead atoms. The van der Waals surface area contributed by atoms with Crippen LogP contribution in [0.15, 0.2) is 160 Å². The lowest BCUT2D eigenvalue weighted by molar-refractivity contribution is 0.475. The molecule has 0 atom stereocenters. The molecule has 0 spiro atoms. The SMILES string of the molecule is Brc1ccc2c(c1)Sc1c(-c3nc4ccc(-c5ccccc5)cc4s3)ccc3c1N2c1cc(-c2nc4ccc(-c5ccccc5)cc4s2)ccc1O3. The predicted molar refractivity (Wildman–Crippen MR) is 221 cm³/mol. The van der Waals surface area contributed by atoms with Gasteiger partial charge in [-0.25, -0.2) is 9.97 Å². The molecule has 11 rings (SSSR count). The highest BCUT2D eigenvalue weighted by atomic mass is 79.9. The number of ether oxygens (including phenoxy) is 1. The van der Waals surface area contributed by atoms with Crippen molar-refractivity contribution in [2.75, 3.05) is 4.90 Å². The molecule has 2 aromatic heterocycles. The molecule has 2 aliphatic rings. The highest BCUT2D eigenvalue weighted by Gasteiger charge is 2.36. The van der Waals surface area contributed by atoms with Gasteiger partial charge in [-0.3, -0.25) is 0 Å². The fraction of sp³-hybridized carbons (Fsp3) is 0. The van der Waals surface area contributed by atoms with E-state index in [9.17, 15) is 0 Å². The molecule has 0 saturated heterocycles. The quantitative estimate of drug-likeness (QED) is 0.178. The van der Waals surface area contributed by atoms with Crippen molar-refractivity contribution in [1.29, 1.82) is 0 Å². The average molecular weight is 787 g/mol. The van der Waals surface area contributed by atoms with E-state index in [4.69, 9.17) is 14.7 Å². The van der Waals surface area contributed by atoms with E-state index in [-0.39, 0.29) is 0 Å². The Morgan fingerprint density at radius 2 is 1.15 bits per heavy atom. The van der Waals surface area contributed by atoms with Crippen LogP contribution in [-0.2, 0) is 0 Å². The molecule has 2 aliphatic heterocycles. The first-order valence-corrected chi connectivity index (χ1v) is 20.1. The van der Waals surface area contributed by atoms with E-state index >= 15 is 0 Å². The molecule has 52 heavy (non-hydrogen) atoms. The average Bonchev–Trinajstić information content (AvgIpc) is 3.82. The standard InChI is InChI=1S/C44H24BrN3OS3/c45-30-14-18-34-40(24-30)50-42-31(44-47-33-17-12-28(23-39(33)52-44)26-9-5-2-6-10-26)15-20-37-41(42)48(34)35-21-29(13-19-36(35)49-37)43-46-32-16-11-27(22-38(32)51-43)25-7-3-1-4-8-25/h1-24H.